The fourth-order valence-electron chi connectivity index (χ4n) is 1.75. The van der Waals surface area contributed by atoms with E-state index in [2.05, 4.69) is 10.6 Å². The lowest BCUT2D eigenvalue weighted by atomic mass is 10.3. The molecule has 1 aromatic rings. The van der Waals surface area contributed by atoms with Gasteiger partial charge >= 0.3 is 6.03 Å². The molecule has 1 saturated carbocycles. The number of benzene rings is 1. The minimum Gasteiger partial charge on any atom is -0.381 e. The number of non-ortho nitro benzene ring substituents is 1. The van der Waals surface area contributed by atoms with E-state index >= 15 is 0 Å². The van der Waals surface area contributed by atoms with Crippen molar-refractivity contribution >= 4 is 17.4 Å². The molecule has 0 aromatic heterocycles. The Morgan fingerprint density at radius 3 is 2.67 bits per heavy atom. The first-order valence-corrected chi connectivity index (χ1v) is 7.02. The summed E-state index contributed by atoms with van der Waals surface area (Å²) in [5.41, 5.74) is 0.511. The zero-order chi connectivity index (χ0) is 15.1. The summed E-state index contributed by atoms with van der Waals surface area (Å²) in [6.07, 6.45) is 3.31. The fourth-order valence-corrected chi connectivity index (χ4v) is 1.75. The monoisotopic (exact) mass is 293 g/mol. The molecule has 114 valence electrons. The van der Waals surface area contributed by atoms with Crippen LogP contribution in [0.1, 0.15) is 19.3 Å². The molecule has 1 aliphatic rings. The van der Waals surface area contributed by atoms with E-state index in [1.165, 1.54) is 37.1 Å². The Morgan fingerprint density at radius 1 is 1.33 bits per heavy atom. The highest BCUT2D eigenvalue weighted by molar-refractivity contribution is 5.89. The first kappa shape index (κ1) is 15.2. The van der Waals surface area contributed by atoms with Crippen molar-refractivity contribution in [2.45, 2.75) is 19.3 Å². The molecule has 2 amide bonds. The van der Waals surface area contributed by atoms with Crippen molar-refractivity contribution in [3.63, 3.8) is 0 Å². The van der Waals surface area contributed by atoms with Gasteiger partial charge in [-0.25, -0.2) is 4.79 Å². The molecule has 0 atom stereocenters. The van der Waals surface area contributed by atoms with Crippen LogP contribution in [0, 0.1) is 16.0 Å². The molecule has 0 bridgehead atoms. The number of rotatable bonds is 8. The second-order valence-electron chi connectivity index (χ2n) is 5.06. The third kappa shape index (κ3) is 5.78. The Bertz CT molecular complexity index is 485. The standard InChI is InChI=1S/C14H19N3O4/c18-14(15-8-1-9-21-10-11-2-3-11)16-12-4-6-13(7-5-12)17(19)20/h4-7,11H,1-3,8-10H2,(H2,15,16,18). The molecule has 2 rings (SSSR count). The first-order chi connectivity index (χ1) is 10.1. The molecule has 0 radical (unpaired) electrons. The van der Waals surface area contributed by atoms with E-state index < -0.39 is 4.92 Å². The number of nitrogens with zero attached hydrogens (tertiary/aromatic N) is 1. The molecule has 7 nitrogen and oxygen atoms in total. The van der Waals surface area contributed by atoms with Crippen LogP contribution in [0.15, 0.2) is 24.3 Å². The molecule has 0 unspecified atom stereocenters. The molecule has 1 aromatic carbocycles. The fraction of sp³-hybridized carbons (Fsp3) is 0.500. The molecule has 2 N–H and O–H groups in total. The summed E-state index contributed by atoms with van der Waals surface area (Å²) in [6, 6.07) is 5.36. The number of ether oxygens (including phenoxy) is 1. The number of urea groups is 1. The minimum absolute atomic E-state index is 0.00577. The Labute approximate surface area is 122 Å². The number of nitro benzene ring substituents is 1. The maximum absolute atomic E-state index is 11.6. The zero-order valence-electron chi connectivity index (χ0n) is 11.7. The van der Waals surface area contributed by atoms with Gasteiger partial charge in [0.05, 0.1) is 4.92 Å². The van der Waals surface area contributed by atoms with Crippen LogP contribution in [-0.2, 0) is 4.74 Å². The lowest BCUT2D eigenvalue weighted by Gasteiger charge is -2.07. The Kier molecular flexibility index (Phi) is 5.51. The van der Waals surface area contributed by atoms with Gasteiger partial charge in [-0.1, -0.05) is 0 Å². The third-order valence-corrected chi connectivity index (χ3v) is 3.14. The summed E-state index contributed by atoms with van der Waals surface area (Å²) >= 11 is 0. The molecule has 0 spiro atoms. The van der Waals surface area contributed by atoms with Crippen molar-refractivity contribution in [2.75, 3.05) is 25.1 Å². The van der Waals surface area contributed by atoms with Gasteiger partial charge in [-0.2, -0.15) is 0 Å². The molecule has 0 heterocycles. The van der Waals surface area contributed by atoms with Gasteiger partial charge in [0.15, 0.2) is 0 Å². The SMILES string of the molecule is O=C(NCCCOCC1CC1)Nc1ccc([N+](=O)[O-])cc1. The van der Waals surface area contributed by atoms with E-state index in [9.17, 15) is 14.9 Å². The predicted octanol–water partition coefficient (Wildman–Crippen LogP) is 2.53. The van der Waals surface area contributed by atoms with Crippen LogP contribution >= 0.6 is 0 Å². The van der Waals surface area contributed by atoms with Gasteiger partial charge in [-0.15, -0.1) is 0 Å². The molecule has 7 heteroatoms. The van der Waals surface area contributed by atoms with Crippen LogP contribution in [0.4, 0.5) is 16.2 Å². The lowest BCUT2D eigenvalue weighted by molar-refractivity contribution is -0.384. The van der Waals surface area contributed by atoms with E-state index in [-0.39, 0.29) is 11.7 Å². The molecule has 0 saturated heterocycles. The topological polar surface area (TPSA) is 93.5 Å². The highest BCUT2D eigenvalue weighted by atomic mass is 16.6. The predicted molar refractivity (Wildman–Crippen MR) is 78.3 cm³/mol. The smallest absolute Gasteiger partial charge is 0.319 e. The molecule has 21 heavy (non-hydrogen) atoms. The van der Waals surface area contributed by atoms with Gasteiger partial charge in [0.25, 0.3) is 5.69 Å². The second kappa shape index (κ2) is 7.58. The van der Waals surface area contributed by atoms with Gasteiger partial charge in [0.1, 0.15) is 0 Å². The van der Waals surface area contributed by atoms with E-state index in [0.717, 1.165) is 18.9 Å². The number of nitro groups is 1. The van der Waals surface area contributed by atoms with E-state index in [4.69, 9.17) is 4.74 Å². The summed E-state index contributed by atoms with van der Waals surface area (Å²) in [7, 11) is 0. The summed E-state index contributed by atoms with van der Waals surface area (Å²) in [5, 5.41) is 15.8. The van der Waals surface area contributed by atoms with Crippen LogP contribution in [0.25, 0.3) is 0 Å². The van der Waals surface area contributed by atoms with Gasteiger partial charge < -0.3 is 15.4 Å². The molecular weight excluding hydrogens is 274 g/mol. The first-order valence-electron chi connectivity index (χ1n) is 7.02. The van der Waals surface area contributed by atoms with Gasteiger partial charge in [-0.05, 0) is 37.3 Å². The van der Waals surface area contributed by atoms with Gasteiger partial charge in [0.2, 0.25) is 0 Å². The van der Waals surface area contributed by atoms with Crippen LogP contribution in [0.2, 0.25) is 0 Å². The summed E-state index contributed by atoms with van der Waals surface area (Å²) in [6.45, 7) is 2.01. The zero-order valence-corrected chi connectivity index (χ0v) is 11.7. The summed E-state index contributed by atoms with van der Waals surface area (Å²) in [4.78, 5) is 21.6. The highest BCUT2D eigenvalue weighted by Crippen LogP contribution is 2.28. The van der Waals surface area contributed by atoms with Gasteiger partial charge in [0, 0.05) is 37.6 Å². The number of hydrogen-bond donors (Lipinski definition) is 2. The Hall–Kier alpha value is -2.15. The van der Waals surface area contributed by atoms with Crippen LogP contribution in [-0.4, -0.2) is 30.7 Å². The number of hydrogen-bond acceptors (Lipinski definition) is 4. The largest absolute Gasteiger partial charge is 0.381 e. The minimum atomic E-state index is -0.481. The Balaban J connectivity index is 1.58. The van der Waals surface area contributed by atoms with E-state index in [1.807, 2.05) is 0 Å². The number of carbonyl (C=O) groups excluding carboxylic acids is 1. The average Bonchev–Trinajstić information content (AvgIpc) is 3.27. The van der Waals surface area contributed by atoms with Crippen molar-refractivity contribution in [2.24, 2.45) is 5.92 Å². The van der Waals surface area contributed by atoms with Crippen LogP contribution in [0.3, 0.4) is 0 Å². The third-order valence-electron chi connectivity index (χ3n) is 3.14. The number of nitrogens with one attached hydrogen (secondary N) is 2. The highest BCUT2D eigenvalue weighted by Gasteiger charge is 2.20. The molecule has 0 aliphatic heterocycles. The van der Waals surface area contributed by atoms with Crippen LogP contribution in [0.5, 0.6) is 0 Å². The van der Waals surface area contributed by atoms with Crippen LogP contribution < -0.4 is 10.6 Å². The maximum atomic E-state index is 11.6. The number of anilines is 1. The Morgan fingerprint density at radius 2 is 2.05 bits per heavy atom. The summed E-state index contributed by atoms with van der Waals surface area (Å²) < 4.78 is 5.46. The molecule has 1 fully saturated rings. The number of amides is 2. The van der Waals surface area contributed by atoms with Crippen molar-refractivity contribution in [3.05, 3.63) is 34.4 Å². The van der Waals surface area contributed by atoms with Crippen molar-refractivity contribution in [1.29, 1.82) is 0 Å². The van der Waals surface area contributed by atoms with E-state index in [0.29, 0.717) is 18.8 Å². The lowest BCUT2D eigenvalue weighted by Crippen LogP contribution is -2.30. The second-order valence-corrected chi connectivity index (χ2v) is 5.06. The van der Waals surface area contributed by atoms with Crippen molar-refractivity contribution < 1.29 is 14.5 Å². The van der Waals surface area contributed by atoms with E-state index in [1.54, 1.807) is 0 Å². The maximum Gasteiger partial charge on any atom is 0.319 e. The molecule has 1 aliphatic carbocycles. The summed E-state index contributed by atoms with van der Waals surface area (Å²) in [5.74, 6) is 0.753. The van der Waals surface area contributed by atoms with Gasteiger partial charge in [-0.3, -0.25) is 10.1 Å². The quantitative estimate of drug-likeness (QED) is 0.437. The average molecular weight is 293 g/mol. The molecular formula is C14H19N3O4. The van der Waals surface area contributed by atoms with Crippen molar-refractivity contribution in [3.8, 4) is 0 Å². The normalized spacial score (nSPS) is 13.7. The van der Waals surface area contributed by atoms with Crippen molar-refractivity contribution in [1.82, 2.24) is 5.32 Å². The number of carbonyl (C=O) groups is 1.